The Morgan fingerprint density at radius 1 is 1.44 bits per heavy atom. The van der Waals surface area contributed by atoms with Gasteiger partial charge in [-0.25, -0.2) is 0 Å². The van der Waals surface area contributed by atoms with E-state index in [1.807, 2.05) is 13.8 Å². The Balaban J connectivity index is 0. The second kappa shape index (κ2) is 7.09. The second-order valence-electron chi connectivity index (χ2n) is 1.57. The van der Waals surface area contributed by atoms with Gasteiger partial charge in [0.2, 0.25) is 0 Å². The van der Waals surface area contributed by atoms with Crippen molar-refractivity contribution in [3.05, 3.63) is 12.5 Å². The van der Waals surface area contributed by atoms with Crippen molar-refractivity contribution in [3.8, 4) is 0 Å². The molecular weight excluding hydrogens is 141 g/mol. The maximum absolute atomic E-state index is 10.4. The molecule has 0 atom stereocenters. The minimum absolute atomic E-state index is 0. The van der Waals surface area contributed by atoms with Gasteiger partial charge < -0.3 is 10.0 Å². The van der Waals surface area contributed by atoms with E-state index in [4.69, 9.17) is 0 Å². The van der Waals surface area contributed by atoms with Gasteiger partial charge in [0.05, 0.1) is 0 Å². The Morgan fingerprint density at radius 2 is 1.78 bits per heavy atom. The molecule has 0 unspecified atom stereocenters. The average Bonchev–Trinajstić information content (AvgIpc) is 1.69. The zero-order chi connectivity index (χ0) is 6.57. The fraction of sp³-hybridized carbons (Fsp3) is 0.667. The van der Waals surface area contributed by atoms with Crippen LogP contribution >= 0.6 is 0 Å². The molecule has 2 nitrogen and oxygen atoms in total. The molecule has 0 rings (SSSR count). The zero-order valence-electron chi connectivity index (χ0n) is 6.48. The molecule has 0 fully saturated rings. The van der Waals surface area contributed by atoms with Crippen LogP contribution in [0.2, 0.25) is 0 Å². The molecule has 3 heteroatoms. The normalized spacial score (nSPS) is 7.78. The summed E-state index contributed by atoms with van der Waals surface area (Å²) in [7, 11) is 0. The van der Waals surface area contributed by atoms with Gasteiger partial charge in [-0.2, -0.15) is 0 Å². The monoisotopic (exact) mass is 153 g/mol. The van der Waals surface area contributed by atoms with Crippen LogP contribution in [0, 0.1) is 0 Å². The van der Waals surface area contributed by atoms with E-state index in [1.54, 1.807) is 4.90 Å². The van der Waals surface area contributed by atoms with Crippen LogP contribution in [0.4, 0.5) is 0 Å². The molecule has 0 heterocycles. The summed E-state index contributed by atoms with van der Waals surface area (Å²) in [4.78, 5) is 1.67. The predicted molar refractivity (Wildman–Crippen MR) is 32.1 cm³/mol. The molecule has 0 aliphatic carbocycles. The quantitative estimate of drug-likeness (QED) is 0.323. The Labute approximate surface area is 99.4 Å². The average molecular weight is 153 g/mol. The Bertz CT molecular complexity index is 81.1. The first kappa shape index (κ1) is 12.6. The Morgan fingerprint density at radius 3 is 1.78 bits per heavy atom. The zero-order valence-corrected chi connectivity index (χ0v) is 9.60. The van der Waals surface area contributed by atoms with Gasteiger partial charge in [0.15, 0.2) is 0 Å². The molecule has 0 N–H and O–H groups in total. The molecule has 0 aliphatic heterocycles. The van der Waals surface area contributed by atoms with E-state index < -0.39 is 0 Å². The molecule has 48 valence electrons. The van der Waals surface area contributed by atoms with Crippen LogP contribution in [-0.2, 0) is 0 Å². The molecule has 0 amide bonds. The van der Waals surface area contributed by atoms with Crippen LogP contribution in [0.1, 0.15) is 13.8 Å². The van der Waals surface area contributed by atoms with Crippen molar-refractivity contribution in [2.24, 2.45) is 0 Å². The van der Waals surface area contributed by atoms with Crippen LogP contribution in [0.25, 0.3) is 0 Å². The van der Waals surface area contributed by atoms with E-state index in [9.17, 15) is 5.11 Å². The third-order valence-electron chi connectivity index (χ3n) is 1.12. The smallest absolute Gasteiger partial charge is 0.861 e. The molecule has 9 heavy (non-hydrogen) atoms. The predicted octanol–water partition coefficient (Wildman–Crippen LogP) is -2.84. The first-order chi connectivity index (χ1) is 3.72. The molecule has 0 saturated heterocycles. The fourth-order valence-corrected chi connectivity index (χ4v) is 0.576. The van der Waals surface area contributed by atoms with Crippen LogP contribution in [0.15, 0.2) is 12.5 Å². The number of hydrogen-bond acceptors (Lipinski definition) is 2. The third kappa shape index (κ3) is 5.42. The van der Waals surface area contributed by atoms with Crippen LogP contribution < -0.4 is 56.5 Å². The van der Waals surface area contributed by atoms with E-state index in [-0.39, 0.29) is 57.3 Å². The molecule has 0 aromatic rings. The molecular formula is C6H12KNO. The summed E-state index contributed by atoms with van der Waals surface area (Å²) in [5.74, 6) is -0.0880. The molecule has 0 spiro atoms. The molecule has 0 aromatic carbocycles. The van der Waals surface area contributed by atoms with E-state index in [0.717, 1.165) is 13.1 Å². The van der Waals surface area contributed by atoms with Gasteiger partial charge in [0.25, 0.3) is 0 Å². The van der Waals surface area contributed by atoms with E-state index in [2.05, 4.69) is 6.58 Å². The van der Waals surface area contributed by atoms with Crippen molar-refractivity contribution in [2.45, 2.75) is 13.8 Å². The molecule has 0 aromatic heterocycles. The largest absolute Gasteiger partial charge is 1.00 e. The van der Waals surface area contributed by atoms with Crippen LogP contribution in [-0.4, -0.2) is 18.0 Å². The van der Waals surface area contributed by atoms with Crippen LogP contribution in [0.3, 0.4) is 0 Å². The number of hydrogen-bond donors (Lipinski definition) is 0. The van der Waals surface area contributed by atoms with Crippen molar-refractivity contribution in [1.82, 2.24) is 4.90 Å². The minimum atomic E-state index is -0.0880. The van der Waals surface area contributed by atoms with Gasteiger partial charge in [-0.3, -0.25) is 0 Å². The fourth-order valence-electron chi connectivity index (χ4n) is 0.576. The van der Waals surface area contributed by atoms with Crippen molar-refractivity contribution < 1.29 is 56.5 Å². The Hall–Kier alpha value is 0.976. The SMILES string of the molecule is C=C([O-])N(CC)CC.[K+]. The maximum atomic E-state index is 10.4. The topological polar surface area (TPSA) is 26.3 Å². The van der Waals surface area contributed by atoms with Gasteiger partial charge in [-0.1, -0.05) is 6.58 Å². The molecule has 0 bridgehead atoms. The van der Waals surface area contributed by atoms with Crippen molar-refractivity contribution in [1.29, 1.82) is 0 Å². The van der Waals surface area contributed by atoms with E-state index >= 15 is 0 Å². The van der Waals surface area contributed by atoms with E-state index in [0.29, 0.717) is 0 Å². The van der Waals surface area contributed by atoms with Gasteiger partial charge >= 0.3 is 51.4 Å². The Kier molecular flexibility index (Phi) is 9.95. The summed E-state index contributed by atoms with van der Waals surface area (Å²) in [6, 6.07) is 0. The van der Waals surface area contributed by atoms with Gasteiger partial charge in [0, 0.05) is 13.1 Å². The summed E-state index contributed by atoms with van der Waals surface area (Å²) in [6.45, 7) is 8.67. The summed E-state index contributed by atoms with van der Waals surface area (Å²) in [5, 5.41) is 10.4. The summed E-state index contributed by atoms with van der Waals surface area (Å²) < 4.78 is 0. The third-order valence-corrected chi connectivity index (χ3v) is 1.12. The minimum Gasteiger partial charge on any atom is -0.861 e. The van der Waals surface area contributed by atoms with Crippen LogP contribution in [0.5, 0.6) is 0 Å². The molecule has 0 saturated carbocycles. The number of rotatable bonds is 3. The van der Waals surface area contributed by atoms with Crippen molar-refractivity contribution in [3.63, 3.8) is 0 Å². The van der Waals surface area contributed by atoms with Gasteiger partial charge in [-0.05, 0) is 19.7 Å². The van der Waals surface area contributed by atoms with E-state index in [1.165, 1.54) is 0 Å². The molecule has 0 aliphatic rings. The maximum Gasteiger partial charge on any atom is 1.00 e. The molecule has 0 radical (unpaired) electrons. The number of nitrogens with zero attached hydrogens (tertiary/aromatic N) is 1. The summed E-state index contributed by atoms with van der Waals surface area (Å²) >= 11 is 0. The van der Waals surface area contributed by atoms with Gasteiger partial charge in [-0.15, -0.1) is 0 Å². The van der Waals surface area contributed by atoms with Crippen molar-refractivity contribution >= 4 is 0 Å². The second-order valence-corrected chi connectivity index (χ2v) is 1.57. The van der Waals surface area contributed by atoms with Crippen molar-refractivity contribution in [2.75, 3.05) is 13.1 Å². The first-order valence-corrected chi connectivity index (χ1v) is 2.83. The summed E-state index contributed by atoms with van der Waals surface area (Å²) in [6.07, 6.45) is 0. The van der Waals surface area contributed by atoms with Gasteiger partial charge in [0.1, 0.15) is 0 Å². The standard InChI is InChI=1S/C6H13NO.K/c1-4-7(5-2)6(3)8;/h8H,3-5H2,1-2H3;/q;+1/p-1. The first-order valence-electron chi connectivity index (χ1n) is 2.83. The summed E-state index contributed by atoms with van der Waals surface area (Å²) in [5.41, 5.74) is 0.